The maximum absolute atomic E-state index is 6.28. The Morgan fingerprint density at radius 3 is 2.56 bits per heavy atom. The third-order valence-corrected chi connectivity index (χ3v) is 4.59. The molecule has 1 heterocycles. The van der Waals surface area contributed by atoms with Crippen LogP contribution in [0, 0.1) is 12.8 Å². The predicted octanol–water partition coefficient (Wildman–Crippen LogP) is 4.17. The summed E-state index contributed by atoms with van der Waals surface area (Å²) in [6.07, 6.45) is 1.99. The molecule has 4 heteroatoms. The summed E-state index contributed by atoms with van der Waals surface area (Å²) in [6.45, 7) is 9.38. The molecule has 0 N–H and O–H groups in total. The monoisotopic (exact) mass is 306 g/mol. The van der Waals surface area contributed by atoms with Crippen molar-refractivity contribution in [3.8, 4) is 0 Å². The highest BCUT2D eigenvalue weighted by Gasteiger charge is 2.15. The fraction of sp³-hybridized carbons (Fsp3) is 0.750. The largest absolute Gasteiger partial charge is 0.268 e. The lowest BCUT2D eigenvalue weighted by atomic mass is 10.0. The Bertz CT molecular complexity index is 347. The highest BCUT2D eigenvalue weighted by molar-refractivity contribution is 9.10. The van der Waals surface area contributed by atoms with E-state index in [1.807, 2.05) is 6.92 Å². The molecular formula is C12H20BrClN2. The second-order valence-corrected chi connectivity index (χ2v) is 5.81. The van der Waals surface area contributed by atoms with Gasteiger partial charge in [-0.1, -0.05) is 13.8 Å². The van der Waals surface area contributed by atoms with E-state index in [9.17, 15) is 0 Å². The molecule has 1 unspecified atom stereocenters. The van der Waals surface area contributed by atoms with Gasteiger partial charge in [0.1, 0.15) is 0 Å². The highest BCUT2D eigenvalue weighted by Crippen LogP contribution is 2.24. The molecule has 0 amide bonds. The maximum atomic E-state index is 6.28. The van der Waals surface area contributed by atoms with Gasteiger partial charge < -0.3 is 0 Å². The summed E-state index contributed by atoms with van der Waals surface area (Å²) >= 11 is 9.88. The van der Waals surface area contributed by atoms with Crippen molar-refractivity contribution in [1.29, 1.82) is 0 Å². The lowest BCUT2D eigenvalue weighted by Gasteiger charge is -2.13. The second kappa shape index (κ2) is 6.06. The van der Waals surface area contributed by atoms with E-state index < -0.39 is 0 Å². The fourth-order valence-corrected chi connectivity index (χ4v) is 2.31. The third-order valence-electron chi connectivity index (χ3n) is 2.83. The summed E-state index contributed by atoms with van der Waals surface area (Å²) in [5, 5.41) is 4.72. The molecule has 0 aliphatic heterocycles. The van der Waals surface area contributed by atoms with Crippen LogP contribution in [0.3, 0.4) is 0 Å². The maximum Gasteiger partial charge on any atom is 0.0738 e. The molecule has 92 valence electrons. The van der Waals surface area contributed by atoms with E-state index in [1.54, 1.807) is 0 Å². The van der Waals surface area contributed by atoms with Gasteiger partial charge in [-0.3, -0.25) is 4.68 Å². The molecule has 0 saturated carbocycles. The quantitative estimate of drug-likeness (QED) is 0.747. The summed E-state index contributed by atoms with van der Waals surface area (Å²) in [7, 11) is 0. The van der Waals surface area contributed by atoms with Gasteiger partial charge in [0.2, 0.25) is 0 Å². The van der Waals surface area contributed by atoms with Crippen LogP contribution < -0.4 is 0 Å². The van der Waals surface area contributed by atoms with Gasteiger partial charge in [-0.2, -0.15) is 5.10 Å². The van der Waals surface area contributed by atoms with Gasteiger partial charge >= 0.3 is 0 Å². The van der Waals surface area contributed by atoms with Gasteiger partial charge in [-0.25, -0.2) is 0 Å². The molecular weight excluding hydrogens is 288 g/mol. The van der Waals surface area contributed by atoms with E-state index >= 15 is 0 Å². The predicted molar refractivity (Wildman–Crippen MR) is 73.1 cm³/mol. The third kappa shape index (κ3) is 3.24. The van der Waals surface area contributed by atoms with Gasteiger partial charge in [-0.05, 0) is 48.5 Å². The lowest BCUT2D eigenvalue weighted by molar-refractivity contribution is 0.542. The first kappa shape index (κ1) is 14.0. The fourth-order valence-electron chi connectivity index (χ4n) is 1.72. The number of hydrogen-bond donors (Lipinski definition) is 0. The Hall–Kier alpha value is -0.0200. The van der Waals surface area contributed by atoms with E-state index in [0.717, 1.165) is 29.6 Å². The van der Waals surface area contributed by atoms with Gasteiger partial charge in [-0.15, -0.1) is 11.6 Å². The normalized spacial score (nSPS) is 13.4. The number of rotatable bonds is 5. The number of aryl methyl sites for hydroxylation is 2. The number of aromatic nitrogens is 2. The van der Waals surface area contributed by atoms with Crippen molar-refractivity contribution < 1.29 is 0 Å². The first-order chi connectivity index (χ1) is 7.47. The second-order valence-electron chi connectivity index (χ2n) is 4.46. The standard InChI is InChI=1S/C12H20BrClN2/c1-5-16-11(12(13)9(4)15-16)7-6-10(14)8(2)3/h8,10H,5-7H2,1-4H3. The zero-order valence-electron chi connectivity index (χ0n) is 10.4. The first-order valence-electron chi connectivity index (χ1n) is 5.83. The van der Waals surface area contributed by atoms with Crippen molar-refractivity contribution in [2.24, 2.45) is 5.92 Å². The molecule has 0 aliphatic carbocycles. The summed E-state index contributed by atoms with van der Waals surface area (Å²) < 4.78 is 3.20. The molecule has 0 saturated heterocycles. The van der Waals surface area contributed by atoms with Crippen LogP contribution >= 0.6 is 27.5 Å². The SMILES string of the molecule is CCn1nc(C)c(Br)c1CCC(Cl)C(C)C. The number of halogens is 2. The Labute approximate surface area is 111 Å². The van der Waals surface area contributed by atoms with Crippen LogP contribution in [0.25, 0.3) is 0 Å². The smallest absolute Gasteiger partial charge is 0.0738 e. The average Bonchev–Trinajstić information content (AvgIpc) is 2.51. The molecule has 1 aromatic rings. The van der Waals surface area contributed by atoms with Crippen molar-refractivity contribution in [3.05, 3.63) is 15.9 Å². The minimum Gasteiger partial charge on any atom is -0.268 e. The topological polar surface area (TPSA) is 17.8 Å². The molecule has 2 nitrogen and oxygen atoms in total. The van der Waals surface area contributed by atoms with Crippen LogP contribution in [-0.2, 0) is 13.0 Å². The number of nitrogens with zero attached hydrogens (tertiary/aromatic N) is 2. The molecule has 0 spiro atoms. The lowest BCUT2D eigenvalue weighted by Crippen LogP contribution is -2.11. The summed E-state index contributed by atoms with van der Waals surface area (Å²) in [6, 6.07) is 0. The van der Waals surface area contributed by atoms with Crippen LogP contribution in [0.5, 0.6) is 0 Å². The number of hydrogen-bond acceptors (Lipinski definition) is 1. The van der Waals surface area contributed by atoms with Gasteiger partial charge in [0.15, 0.2) is 0 Å². The van der Waals surface area contributed by atoms with Crippen LogP contribution in [0.1, 0.15) is 38.6 Å². The van der Waals surface area contributed by atoms with Crippen molar-refractivity contribution in [2.45, 2.75) is 52.5 Å². The van der Waals surface area contributed by atoms with Crippen LogP contribution in [0.2, 0.25) is 0 Å². The molecule has 1 atom stereocenters. The molecule has 0 bridgehead atoms. The van der Waals surface area contributed by atoms with E-state index in [0.29, 0.717) is 5.92 Å². The highest BCUT2D eigenvalue weighted by atomic mass is 79.9. The number of alkyl halides is 1. The first-order valence-corrected chi connectivity index (χ1v) is 7.06. The molecule has 0 aromatic carbocycles. The molecule has 16 heavy (non-hydrogen) atoms. The van der Waals surface area contributed by atoms with Gasteiger partial charge in [0, 0.05) is 11.9 Å². The van der Waals surface area contributed by atoms with Gasteiger partial charge in [0.05, 0.1) is 15.9 Å². The Kier molecular flexibility index (Phi) is 5.32. The van der Waals surface area contributed by atoms with Crippen LogP contribution in [-0.4, -0.2) is 15.2 Å². The molecule has 0 radical (unpaired) electrons. The zero-order chi connectivity index (χ0) is 12.3. The average molecular weight is 308 g/mol. The molecule has 1 rings (SSSR count). The van der Waals surface area contributed by atoms with E-state index in [4.69, 9.17) is 11.6 Å². The van der Waals surface area contributed by atoms with E-state index in [1.165, 1.54) is 5.69 Å². The van der Waals surface area contributed by atoms with Gasteiger partial charge in [0.25, 0.3) is 0 Å². The van der Waals surface area contributed by atoms with Crippen LogP contribution in [0.15, 0.2) is 4.47 Å². The Morgan fingerprint density at radius 1 is 1.44 bits per heavy atom. The summed E-state index contributed by atoms with van der Waals surface area (Å²) in [5.74, 6) is 0.527. The Balaban J connectivity index is 2.73. The minimum absolute atomic E-state index is 0.243. The zero-order valence-corrected chi connectivity index (χ0v) is 12.8. The van der Waals surface area contributed by atoms with Crippen LogP contribution in [0.4, 0.5) is 0 Å². The summed E-state index contributed by atoms with van der Waals surface area (Å²) in [4.78, 5) is 0. The van der Waals surface area contributed by atoms with Crippen molar-refractivity contribution in [1.82, 2.24) is 9.78 Å². The van der Waals surface area contributed by atoms with Crippen molar-refractivity contribution in [3.63, 3.8) is 0 Å². The molecule has 1 aromatic heterocycles. The van der Waals surface area contributed by atoms with E-state index in [2.05, 4.69) is 46.5 Å². The van der Waals surface area contributed by atoms with Crippen molar-refractivity contribution >= 4 is 27.5 Å². The summed E-state index contributed by atoms with van der Waals surface area (Å²) in [5.41, 5.74) is 2.33. The minimum atomic E-state index is 0.243. The van der Waals surface area contributed by atoms with E-state index in [-0.39, 0.29) is 5.38 Å². The Morgan fingerprint density at radius 2 is 2.06 bits per heavy atom. The van der Waals surface area contributed by atoms with Crippen molar-refractivity contribution in [2.75, 3.05) is 0 Å². The molecule has 0 fully saturated rings. The molecule has 0 aliphatic rings.